The third-order valence-electron chi connectivity index (χ3n) is 3.11. The van der Waals surface area contributed by atoms with Crippen molar-refractivity contribution >= 4 is 5.82 Å². The minimum Gasteiger partial charge on any atom is -0.392 e. The molecule has 1 N–H and O–H groups in total. The Morgan fingerprint density at radius 2 is 1.88 bits per heavy atom. The molecule has 1 aliphatic heterocycles. The Balaban J connectivity index is 2.20. The van der Waals surface area contributed by atoms with E-state index in [9.17, 15) is 5.11 Å². The molecule has 1 saturated heterocycles. The number of aryl methyl sites for hydroxylation is 1. The maximum atomic E-state index is 9.19. The van der Waals surface area contributed by atoms with Crippen molar-refractivity contribution in [3.63, 3.8) is 0 Å². The highest BCUT2D eigenvalue weighted by Gasteiger charge is 2.11. The van der Waals surface area contributed by atoms with Gasteiger partial charge >= 0.3 is 0 Å². The lowest BCUT2D eigenvalue weighted by molar-refractivity contribution is 0.281. The summed E-state index contributed by atoms with van der Waals surface area (Å²) in [7, 11) is 0. The molecule has 88 valence electrons. The lowest BCUT2D eigenvalue weighted by atomic mass is 10.2. The number of hydrogen-bond donors (Lipinski definition) is 1. The molecule has 0 saturated carbocycles. The molecule has 1 aliphatic rings. The van der Waals surface area contributed by atoms with E-state index in [-0.39, 0.29) is 6.61 Å². The van der Waals surface area contributed by atoms with Gasteiger partial charge in [0.15, 0.2) is 0 Å². The predicted molar refractivity (Wildman–Crippen MR) is 65.6 cm³/mol. The first kappa shape index (κ1) is 11.4. The molecular formula is C13H20N2O. The van der Waals surface area contributed by atoms with E-state index in [1.807, 2.05) is 19.1 Å². The number of aliphatic hydroxyl groups excluding tert-OH is 1. The Morgan fingerprint density at radius 1 is 1.19 bits per heavy atom. The molecule has 3 heteroatoms. The number of nitrogens with zero attached hydrogens (tertiary/aromatic N) is 2. The van der Waals surface area contributed by atoms with Crippen molar-refractivity contribution in [2.24, 2.45) is 0 Å². The zero-order valence-electron chi connectivity index (χ0n) is 9.95. The van der Waals surface area contributed by atoms with Crippen molar-refractivity contribution in [2.45, 2.75) is 39.2 Å². The van der Waals surface area contributed by atoms with E-state index in [0.717, 1.165) is 30.2 Å². The molecule has 0 aliphatic carbocycles. The second kappa shape index (κ2) is 5.30. The molecule has 0 atom stereocenters. The van der Waals surface area contributed by atoms with Crippen LogP contribution in [0.4, 0.5) is 5.82 Å². The first-order valence-corrected chi connectivity index (χ1v) is 6.13. The monoisotopic (exact) mass is 220 g/mol. The number of hydrogen-bond acceptors (Lipinski definition) is 3. The first-order chi connectivity index (χ1) is 7.79. The molecule has 0 bridgehead atoms. The summed E-state index contributed by atoms with van der Waals surface area (Å²) in [5.74, 6) is 1.03. The number of aromatic nitrogens is 1. The van der Waals surface area contributed by atoms with E-state index < -0.39 is 0 Å². The zero-order valence-corrected chi connectivity index (χ0v) is 9.95. The predicted octanol–water partition coefficient (Wildman–Crippen LogP) is 2.26. The highest BCUT2D eigenvalue weighted by atomic mass is 16.3. The summed E-state index contributed by atoms with van der Waals surface area (Å²) in [5.41, 5.74) is 1.96. The molecule has 1 aromatic rings. The molecule has 0 radical (unpaired) electrons. The molecule has 16 heavy (non-hydrogen) atoms. The lowest BCUT2D eigenvalue weighted by Crippen LogP contribution is -2.25. The van der Waals surface area contributed by atoms with Gasteiger partial charge in [-0.3, -0.25) is 0 Å². The van der Waals surface area contributed by atoms with Gasteiger partial charge in [-0.15, -0.1) is 0 Å². The van der Waals surface area contributed by atoms with Crippen LogP contribution < -0.4 is 4.90 Å². The second-order valence-electron chi connectivity index (χ2n) is 4.53. The van der Waals surface area contributed by atoms with Crippen LogP contribution in [0.1, 0.15) is 36.9 Å². The molecule has 3 nitrogen and oxygen atoms in total. The number of pyridine rings is 1. The van der Waals surface area contributed by atoms with Crippen LogP contribution in [0.25, 0.3) is 0 Å². The number of rotatable bonds is 2. The van der Waals surface area contributed by atoms with Crippen LogP contribution in [0.2, 0.25) is 0 Å². The van der Waals surface area contributed by atoms with Crippen molar-refractivity contribution in [1.29, 1.82) is 0 Å². The van der Waals surface area contributed by atoms with Crippen LogP contribution in [0, 0.1) is 6.92 Å². The standard InChI is InChI=1S/C13H20N2O/c1-11-8-12(10-16)9-13(14-11)15-6-4-2-3-5-7-15/h8-9,16H,2-7,10H2,1H3. The second-order valence-corrected chi connectivity index (χ2v) is 4.53. The van der Waals surface area contributed by atoms with Gasteiger partial charge in [-0.25, -0.2) is 4.98 Å². The van der Waals surface area contributed by atoms with Gasteiger partial charge < -0.3 is 10.0 Å². The highest BCUT2D eigenvalue weighted by Crippen LogP contribution is 2.19. The van der Waals surface area contributed by atoms with Crippen molar-refractivity contribution in [1.82, 2.24) is 4.98 Å². The fraction of sp³-hybridized carbons (Fsp3) is 0.615. The first-order valence-electron chi connectivity index (χ1n) is 6.13. The fourth-order valence-electron chi connectivity index (χ4n) is 2.27. The van der Waals surface area contributed by atoms with Gasteiger partial charge in [0.2, 0.25) is 0 Å². The van der Waals surface area contributed by atoms with Gasteiger partial charge in [0.1, 0.15) is 5.82 Å². The van der Waals surface area contributed by atoms with Gasteiger partial charge in [-0.1, -0.05) is 12.8 Å². The van der Waals surface area contributed by atoms with E-state index in [2.05, 4.69) is 9.88 Å². The van der Waals surface area contributed by atoms with Crippen molar-refractivity contribution in [3.05, 3.63) is 23.4 Å². The van der Waals surface area contributed by atoms with Crippen LogP contribution in [0.15, 0.2) is 12.1 Å². The van der Waals surface area contributed by atoms with Gasteiger partial charge in [0.25, 0.3) is 0 Å². The van der Waals surface area contributed by atoms with E-state index in [1.165, 1.54) is 25.7 Å². The summed E-state index contributed by atoms with van der Waals surface area (Å²) in [6, 6.07) is 3.96. The molecule has 2 rings (SSSR count). The van der Waals surface area contributed by atoms with Crippen LogP contribution in [-0.2, 0) is 6.61 Å². The van der Waals surface area contributed by atoms with Gasteiger partial charge in [-0.05, 0) is 37.5 Å². The van der Waals surface area contributed by atoms with Gasteiger partial charge in [-0.2, -0.15) is 0 Å². The molecule has 0 spiro atoms. The number of aliphatic hydroxyl groups is 1. The summed E-state index contributed by atoms with van der Waals surface area (Å²) in [4.78, 5) is 6.91. The summed E-state index contributed by atoms with van der Waals surface area (Å²) in [5, 5.41) is 9.19. The Hall–Kier alpha value is -1.09. The van der Waals surface area contributed by atoms with Gasteiger partial charge in [0.05, 0.1) is 6.61 Å². The van der Waals surface area contributed by atoms with Crippen LogP contribution in [-0.4, -0.2) is 23.2 Å². The third kappa shape index (κ3) is 2.73. The average Bonchev–Trinajstić information content (AvgIpc) is 2.56. The fourth-order valence-corrected chi connectivity index (χ4v) is 2.27. The maximum absolute atomic E-state index is 9.19. The Bertz CT molecular complexity index is 344. The molecule has 1 fully saturated rings. The Labute approximate surface area is 97.1 Å². The van der Waals surface area contributed by atoms with E-state index in [0.29, 0.717) is 0 Å². The largest absolute Gasteiger partial charge is 0.392 e. The normalized spacial score (nSPS) is 17.2. The van der Waals surface area contributed by atoms with E-state index >= 15 is 0 Å². The molecular weight excluding hydrogens is 200 g/mol. The SMILES string of the molecule is Cc1cc(CO)cc(N2CCCCCC2)n1. The summed E-state index contributed by atoms with van der Waals surface area (Å²) < 4.78 is 0. The highest BCUT2D eigenvalue weighted by molar-refractivity contribution is 5.42. The minimum atomic E-state index is 0.101. The molecule has 0 unspecified atom stereocenters. The third-order valence-corrected chi connectivity index (χ3v) is 3.11. The van der Waals surface area contributed by atoms with Crippen LogP contribution in [0.5, 0.6) is 0 Å². The smallest absolute Gasteiger partial charge is 0.129 e. The van der Waals surface area contributed by atoms with Crippen LogP contribution >= 0.6 is 0 Å². The minimum absolute atomic E-state index is 0.101. The number of anilines is 1. The molecule has 2 heterocycles. The molecule has 0 aromatic carbocycles. The zero-order chi connectivity index (χ0) is 11.4. The summed E-state index contributed by atoms with van der Waals surface area (Å²) in [6.45, 7) is 4.29. The average molecular weight is 220 g/mol. The van der Waals surface area contributed by atoms with Crippen molar-refractivity contribution in [3.8, 4) is 0 Å². The summed E-state index contributed by atoms with van der Waals surface area (Å²) >= 11 is 0. The Kier molecular flexibility index (Phi) is 3.78. The topological polar surface area (TPSA) is 36.4 Å². The van der Waals surface area contributed by atoms with E-state index in [1.54, 1.807) is 0 Å². The molecule has 0 amide bonds. The van der Waals surface area contributed by atoms with Gasteiger partial charge in [0, 0.05) is 18.8 Å². The quantitative estimate of drug-likeness (QED) is 0.830. The maximum Gasteiger partial charge on any atom is 0.129 e. The van der Waals surface area contributed by atoms with Crippen LogP contribution in [0.3, 0.4) is 0 Å². The molecule has 1 aromatic heterocycles. The lowest BCUT2D eigenvalue weighted by Gasteiger charge is -2.22. The van der Waals surface area contributed by atoms with E-state index in [4.69, 9.17) is 0 Å². The van der Waals surface area contributed by atoms with Crippen molar-refractivity contribution < 1.29 is 5.11 Å². The van der Waals surface area contributed by atoms with Crippen molar-refractivity contribution in [2.75, 3.05) is 18.0 Å². The summed E-state index contributed by atoms with van der Waals surface area (Å²) in [6.07, 6.45) is 5.17. The Morgan fingerprint density at radius 3 is 2.50 bits per heavy atom.